The third-order valence-corrected chi connectivity index (χ3v) is 2.90. The fourth-order valence-corrected chi connectivity index (χ4v) is 1.81. The second-order valence-electron chi connectivity index (χ2n) is 3.47. The van der Waals surface area contributed by atoms with E-state index in [0.29, 0.717) is 0 Å². The van der Waals surface area contributed by atoms with Crippen molar-refractivity contribution in [3.05, 3.63) is 16.4 Å². The lowest BCUT2D eigenvalue weighted by molar-refractivity contribution is -0.383. The number of anilines is 2. The number of rotatable bonds is 7. The van der Waals surface area contributed by atoms with Crippen molar-refractivity contribution in [3.63, 3.8) is 0 Å². The fourth-order valence-electron chi connectivity index (χ4n) is 1.27. The molecule has 19 heavy (non-hydrogen) atoms. The van der Waals surface area contributed by atoms with E-state index in [-0.39, 0.29) is 30.4 Å². The average Bonchev–Trinajstić information content (AvgIpc) is 2.32. The number of primary sulfonamides is 1. The minimum atomic E-state index is -3.56. The molecule has 0 unspecified atom stereocenters. The lowest BCUT2D eigenvalue weighted by Crippen LogP contribution is -2.19. The van der Waals surface area contributed by atoms with Crippen LogP contribution in [0, 0.1) is 10.1 Å². The molecule has 0 aliphatic heterocycles. The van der Waals surface area contributed by atoms with Crippen molar-refractivity contribution in [1.29, 1.82) is 0 Å². The van der Waals surface area contributed by atoms with Gasteiger partial charge in [0.15, 0.2) is 0 Å². The molecule has 12 heteroatoms. The van der Waals surface area contributed by atoms with Gasteiger partial charge in [-0.25, -0.2) is 29.4 Å². The molecule has 6 N–H and O–H groups in total. The van der Waals surface area contributed by atoms with E-state index in [1.165, 1.54) is 0 Å². The molecule has 0 saturated carbocycles. The summed E-state index contributed by atoms with van der Waals surface area (Å²) in [4.78, 5) is 17.5. The minimum Gasteiger partial charge on any atom is -0.364 e. The fraction of sp³-hybridized carbons (Fsp3) is 0.429. The van der Waals surface area contributed by atoms with Crippen LogP contribution >= 0.6 is 0 Å². The molecular weight excluding hydrogens is 278 g/mol. The van der Waals surface area contributed by atoms with Gasteiger partial charge < -0.3 is 10.7 Å². The second-order valence-corrected chi connectivity index (χ2v) is 5.20. The standard InChI is InChI=1S/C7H13N7O4S/c8-13-7-5(14(15)16)6(11-4-12-7)10-2-1-3-19(9,17)18/h4H,1-3,8H2,(H2,9,17,18)(H2,10,11,12,13). The molecule has 1 aromatic heterocycles. The minimum absolute atomic E-state index is 0.0534. The van der Waals surface area contributed by atoms with Crippen LogP contribution < -0.4 is 21.7 Å². The summed E-state index contributed by atoms with van der Waals surface area (Å²) in [5.41, 5.74) is 1.67. The summed E-state index contributed by atoms with van der Waals surface area (Å²) in [6, 6.07) is 0. The highest BCUT2D eigenvalue weighted by molar-refractivity contribution is 7.89. The Hall–Kier alpha value is -2.05. The van der Waals surface area contributed by atoms with E-state index in [2.05, 4.69) is 20.7 Å². The van der Waals surface area contributed by atoms with E-state index in [9.17, 15) is 18.5 Å². The summed E-state index contributed by atoms with van der Waals surface area (Å²) in [6.07, 6.45) is 1.27. The van der Waals surface area contributed by atoms with Gasteiger partial charge in [-0.3, -0.25) is 10.1 Å². The zero-order valence-electron chi connectivity index (χ0n) is 9.74. The largest absolute Gasteiger partial charge is 0.364 e. The van der Waals surface area contributed by atoms with Gasteiger partial charge in [0.05, 0.1) is 10.7 Å². The predicted octanol–water partition coefficient (Wildman–Crippen LogP) is -1.24. The molecule has 1 aromatic rings. The Kier molecular flexibility index (Phi) is 4.91. The molecule has 0 amide bonds. The lowest BCUT2D eigenvalue weighted by Gasteiger charge is -2.07. The van der Waals surface area contributed by atoms with E-state index in [0.717, 1.165) is 6.33 Å². The highest BCUT2D eigenvalue weighted by Crippen LogP contribution is 2.27. The van der Waals surface area contributed by atoms with Crippen LogP contribution in [0.4, 0.5) is 17.3 Å². The molecule has 0 bridgehead atoms. The SMILES string of the molecule is NNc1ncnc(NCCCS(N)(=O)=O)c1[N+](=O)[O-]. The normalized spacial score (nSPS) is 11.1. The number of hydrazine groups is 1. The molecule has 0 aliphatic rings. The monoisotopic (exact) mass is 291 g/mol. The number of hydrogen-bond donors (Lipinski definition) is 4. The molecule has 1 rings (SSSR count). The first-order valence-corrected chi connectivity index (χ1v) is 6.77. The predicted molar refractivity (Wildman–Crippen MR) is 67.6 cm³/mol. The Morgan fingerprint density at radius 1 is 1.37 bits per heavy atom. The van der Waals surface area contributed by atoms with E-state index in [4.69, 9.17) is 11.0 Å². The first-order valence-electron chi connectivity index (χ1n) is 5.05. The number of nitro groups is 1. The molecule has 11 nitrogen and oxygen atoms in total. The maximum absolute atomic E-state index is 10.9. The van der Waals surface area contributed by atoms with Crippen molar-refractivity contribution in [1.82, 2.24) is 9.97 Å². The third kappa shape index (κ3) is 4.61. The Bertz CT molecular complexity index is 561. The van der Waals surface area contributed by atoms with Crippen molar-refractivity contribution in [2.45, 2.75) is 6.42 Å². The molecule has 0 aliphatic carbocycles. The molecular formula is C7H13N7O4S. The van der Waals surface area contributed by atoms with Gasteiger partial charge in [-0.05, 0) is 6.42 Å². The van der Waals surface area contributed by atoms with Gasteiger partial charge in [-0.2, -0.15) is 0 Å². The van der Waals surface area contributed by atoms with Crippen molar-refractivity contribution < 1.29 is 13.3 Å². The molecule has 0 spiro atoms. The number of nitrogens with zero attached hydrogens (tertiary/aromatic N) is 3. The number of hydrogen-bond acceptors (Lipinski definition) is 9. The quantitative estimate of drug-likeness (QED) is 0.207. The van der Waals surface area contributed by atoms with Gasteiger partial charge in [0.1, 0.15) is 6.33 Å². The van der Waals surface area contributed by atoms with Gasteiger partial charge in [0, 0.05) is 6.54 Å². The molecule has 0 atom stereocenters. The first-order chi connectivity index (χ1) is 8.85. The van der Waals surface area contributed by atoms with E-state index in [1.54, 1.807) is 0 Å². The molecule has 0 fully saturated rings. The van der Waals surface area contributed by atoms with Crippen LogP contribution in [0.15, 0.2) is 6.33 Å². The molecule has 1 heterocycles. The lowest BCUT2D eigenvalue weighted by atomic mass is 10.4. The molecule has 0 saturated heterocycles. The van der Waals surface area contributed by atoms with Gasteiger partial charge >= 0.3 is 5.69 Å². The van der Waals surface area contributed by atoms with E-state index in [1.807, 2.05) is 0 Å². The van der Waals surface area contributed by atoms with Crippen LogP contribution in [-0.2, 0) is 10.0 Å². The average molecular weight is 291 g/mol. The molecule has 0 radical (unpaired) electrons. The van der Waals surface area contributed by atoms with E-state index < -0.39 is 20.6 Å². The zero-order chi connectivity index (χ0) is 14.5. The number of nitrogens with two attached hydrogens (primary N) is 2. The van der Waals surface area contributed by atoms with Gasteiger partial charge in [-0.15, -0.1) is 0 Å². The number of aromatic nitrogens is 2. The first kappa shape index (κ1) is 15.0. The summed E-state index contributed by atoms with van der Waals surface area (Å²) in [6.45, 7) is 0.151. The zero-order valence-corrected chi connectivity index (χ0v) is 10.6. The highest BCUT2D eigenvalue weighted by atomic mass is 32.2. The maximum atomic E-state index is 10.9. The summed E-state index contributed by atoms with van der Waals surface area (Å²) in [7, 11) is -3.56. The second kappa shape index (κ2) is 6.21. The molecule has 106 valence electrons. The molecule has 0 aromatic carbocycles. The Labute approximate surface area is 108 Å². The van der Waals surface area contributed by atoms with Crippen LogP contribution in [0.3, 0.4) is 0 Å². The van der Waals surface area contributed by atoms with Crippen molar-refractivity contribution in [3.8, 4) is 0 Å². The number of sulfonamides is 1. The van der Waals surface area contributed by atoms with Crippen LogP contribution in [0.2, 0.25) is 0 Å². The van der Waals surface area contributed by atoms with Crippen molar-refractivity contribution in [2.75, 3.05) is 23.0 Å². The Morgan fingerprint density at radius 2 is 2.00 bits per heavy atom. The van der Waals surface area contributed by atoms with Crippen LogP contribution in [0.5, 0.6) is 0 Å². The highest BCUT2D eigenvalue weighted by Gasteiger charge is 2.21. The van der Waals surface area contributed by atoms with Crippen LogP contribution in [0.1, 0.15) is 6.42 Å². The smallest absolute Gasteiger partial charge is 0.354 e. The summed E-state index contributed by atoms with van der Waals surface area (Å²) >= 11 is 0. The van der Waals surface area contributed by atoms with Crippen molar-refractivity contribution >= 4 is 27.3 Å². The Balaban J connectivity index is 2.76. The van der Waals surface area contributed by atoms with Crippen LogP contribution in [0.25, 0.3) is 0 Å². The maximum Gasteiger partial charge on any atom is 0.354 e. The van der Waals surface area contributed by atoms with Gasteiger partial charge in [0.25, 0.3) is 0 Å². The van der Waals surface area contributed by atoms with Gasteiger partial charge in [-0.1, -0.05) is 0 Å². The number of nitrogen functional groups attached to an aromatic ring is 1. The van der Waals surface area contributed by atoms with Crippen molar-refractivity contribution in [2.24, 2.45) is 11.0 Å². The summed E-state index contributed by atoms with van der Waals surface area (Å²) < 4.78 is 21.4. The Morgan fingerprint density at radius 3 is 2.53 bits per heavy atom. The summed E-state index contributed by atoms with van der Waals surface area (Å²) in [5.74, 6) is 4.67. The van der Waals surface area contributed by atoms with Gasteiger partial charge in [0.2, 0.25) is 21.7 Å². The topological polar surface area (TPSA) is 179 Å². The van der Waals surface area contributed by atoms with Crippen LogP contribution in [-0.4, -0.2) is 35.6 Å². The third-order valence-electron chi connectivity index (χ3n) is 2.04. The summed E-state index contributed by atoms with van der Waals surface area (Å²) in [5, 5.41) is 18.3. The number of nitrogens with one attached hydrogen (secondary N) is 2. The van der Waals surface area contributed by atoms with E-state index >= 15 is 0 Å².